The lowest BCUT2D eigenvalue weighted by Crippen LogP contribution is -2.33. The number of tetrazole rings is 1. The molecule has 136 valence electrons. The first-order valence-electron chi connectivity index (χ1n) is 8.56. The van der Waals surface area contributed by atoms with E-state index in [1.807, 2.05) is 55.5 Å². The molecule has 0 saturated heterocycles. The minimum Gasteiger partial charge on any atom is -0.491 e. The van der Waals surface area contributed by atoms with Crippen molar-refractivity contribution in [1.82, 2.24) is 25.5 Å². The molecule has 7 nitrogen and oxygen atoms in total. The van der Waals surface area contributed by atoms with Crippen LogP contribution in [-0.2, 0) is 0 Å². The first-order chi connectivity index (χ1) is 12.6. The summed E-state index contributed by atoms with van der Waals surface area (Å²) in [6.07, 6.45) is 0.971. The number of hydrogen-bond donors (Lipinski definition) is 2. The van der Waals surface area contributed by atoms with Crippen LogP contribution in [0, 0.1) is 6.92 Å². The second-order valence-corrected chi connectivity index (χ2v) is 6.21. The van der Waals surface area contributed by atoms with Gasteiger partial charge in [-0.05, 0) is 53.6 Å². The standard InChI is InChI=1S/C19H23N5O2/c1-14-5-3-4-6-19(14)26-12-18(25)11-20-15(2)16-7-9-17(10-8-16)24-13-21-22-23-24/h3-10,13,15,18,20,25H,11-12H2,1-2H3. The highest BCUT2D eigenvalue weighted by Crippen LogP contribution is 2.17. The topological polar surface area (TPSA) is 85.1 Å². The Morgan fingerprint density at radius 2 is 1.92 bits per heavy atom. The van der Waals surface area contributed by atoms with Crippen LogP contribution in [0.2, 0.25) is 0 Å². The van der Waals surface area contributed by atoms with Crippen molar-refractivity contribution in [3.63, 3.8) is 0 Å². The van der Waals surface area contributed by atoms with Crippen LogP contribution in [0.3, 0.4) is 0 Å². The van der Waals surface area contributed by atoms with Gasteiger partial charge in [0.1, 0.15) is 24.8 Å². The maximum atomic E-state index is 10.2. The molecule has 7 heteroatoms. The molecule has 0 amide bonds. The summed E-state index contributed by atoms with van der Waals surface area (Å²) in [4.78, 5) is 0. The first-order valence-corrected chi connectivity index (χ1v) is 8.56. The monoisotopic (exact) mass is 353 g/mol. The Balaban J connectivity index is 1.47. The summed E-state index contributed by atoms with van der Waals surface area (Å²) < 4.78 is 7.29. The fourth-order valence-corrected chi connectivity index (χ4v) is 2.59. The van der Waals surface area contributed by atoms with E-state index >= 15 is 0 Å². The number of nitrogens with zero attached hydrogens (tertiary/aromatic N) is 4. The molecule has 0 aliphatic carbocycles. The fraction of sp³-hybridized carbons (Fsp3) is 0.316. The van der Waals surface area contributed by atoms with Crippen LogP contribution in [0.5, 0.6) is 5.75 Å². The number of rotatable bonds is 8. The molecule has 2 atom stereocenters. The Morgan fingerprint density at radius 3 is 2.62 bits per heavy atom. The lowest BCUT2D eigenvalue weighted by atomic mass is 10.1. The van der Waals surface area contributed by atoms with Crippen LogP contribution in [0.1, 0.15) is 24.1 Å². The number of aryl methyl sites for hydroxylation is 1. The quantitative estimate of drug-likeness (QED) is 0.645. The highest BCUT2D eigenvalue weighted by Gasteiger charge is 2.10. The van der Waals surface area contributed by atoms with E-state index in [1.54, 1.807) is 11.0 Å². The van der Waals surface area contributed by atoms with Crippen LogP contribution in [0.4, 0.5) is 0 Å². The van der Waals surface area contributed by atoms with Crippen molar-refractivity contribution >= 4 is 0 Å². The number of aliphatic hydroxyl groups excluding tert-OH is 1. The summed E-state index contributed by atoms with van der Waals surface area (Å²) in [7, 11) is 0. The van der Waals surface area contributed by atoms with Gasteiger partial charge in [-0.3, -0.25) is 0 Å². The number of aromatic nitrogens is 4. The number of hydrogen-bond acceptors (Lipinski definition) is 6. The summed E-state index contributed by atoms with van der Waals surface area (Å²) in [6.45, 7) is 4.74. The lowest BCUT2D eigenvalue weighted by molar-refractivity contribution is 0.104. The van der Waals surface area contributed by atoms with Crippen molar-refractivity contribution < 1.29 is 9.84 Å². The highest BCUT2D eigenvalue weighted by atomic mass is 16.5. The van der Waals surface area contributed by atoms with Gasteiger partial charge in [0, 0.05) is 12.6 Å². The van der Waals surface area contributed by atoms with Crippen LogP contribution < -0.4 is 10.1 Å². The van der Waals surface area contributed by atoms with Crippen molar-refractivity contribution in [3.05, 3.63) is 66.0 Å². The third kappa shape index (κ3) is 4.65. The molecule has 3 rings (SSSR count). The summed E-state index contributed by atoms with van der Waals surface area (Å²) >= 11 is 0. The van der Waals surface area contributed by atoms with E-state index in [0.717, 1.165) is 22.6 Å². The third-order valence-electron chi connectivity index (χ3n) is 4.19. The zero-order valence-corrected chi connectivity index (χ0v) is 14.9. The Labute approximate surface area is 152 Å². The van der Waals surface area contributed by atoms with Crippen LogP contribution in [-0.4, -0.2) is 44.6 Å². The molecule has 2 aromatic carbocycles. The smallest absolute Gasteiger partial charge is 0.143 e. The average molecular weight is 353 g/mol. The fourth-order valence-electron chi connectivity index (χ4n) is 2.59. The van der Waals surface area contributed by atoms with E-state index in [1.165, 1.54) is 0 Å². The lowest BCUT2D eigenvalue weighted by Gasteiger charge is -2.18. The predicted octanol–water partition coefficient (Wildman–Crippen LogP) is 2.06. The van der Waals surface area contributed by atoms with E-state index in [-0.39, 0.29) is 12.6 Å². The van der Waals surface area contributed by atoms with Crippen molar-refractivity contribution in [2.75, 3.05) is 13.2 Å². The van der Waals surface area contributed by atoms with Gasteiger partial charge < -0.3 is 15.2 Å². The highest BCUT2D eigenvalue weighted by molar-refractivity contribution is 5.34. The van der Waals surface area contributed by atoms with Crippen molar-refractivity contribution in [2.45, 2.75) is 26.0 Å². The average Bonchev–Trinajstić information content (AvgIpc) is 3.20. The molecule has 26 heavy (non-hydrogen) atoms. The van der Waals surface area contributed by atoms with E-state index in [4.69, 9.17) is 4.74 Å². The van der Waals surface area contributed by atoms with Crippen molar-refractivity contribution in [2.24, 2.45) is 0 Å². The number of nitrogens with one attached hydrogen (secondary N) is 1. The van der Waals surface area contributed by atoms with Crippen LogP contribution in [0.15, 0.2) is 54.9 Å². The maximum Gasteiger partial charge on any atom is 0.143 e. The zero-order chi connectivity index (χ0) is 18.4. The van der Waals surface area contributed by atoms with Gasteiger partial charge in [-0.15, -0.1) is 5.10 Å². The molecule has 0 spiro atoms. The van der Waals surface area contributed by atoms with E-state index < -0.39 is 6.10 Å². The van der Waals surface area contributed by atoms with E-state index in [2.05, 4.69) is 27.8 Å². The maximum absolute atomic E-state index is 10.2. The zero-order valence-electron chi connectivity index (χ0n) is 14.9. The number of benzene rings is 2. The predicted molar refractivity (Wildman–Crippen MR) is 98.3 cm³/mol. The summed E-state index contributed by atoms with van der Waals surface area (Å²) in [5.41, 5.74) is 3.08. The van der Waals surface area contributed by atoms with Crippen LogP contribution in [0.25, 0.3) is 5.69 Å². The molecular formula is C19H23N5O2. The van der Waals surface area contributed by atoms with Gasteiger partial charge in [-0.2, -0.15) is 0 Å². The van der Waals surface area contributed by atoms with Crippen LogP contribution >= 0.6 is 0 Å². The van der Waals surface area contributed by atoms with Gasteiger partial charge >= 0.3 is 0 Å². The molecule has 0 fully saturated rings. The van der Waals surface area contributed by atoms with Gasteiger partial charge in [0.2, 0.25) is 0 Å². The molecule has 0 saturated carbocycles. The largest absolute Gasteiger partial charge is 0.491 e. The van der Waals surface area contributed by atoms with Gasteiger partial charge in [0.15, 0.2) is 0 Å². The number of ether oxygens (including phenoxy) is 1. The molecule has 0 aliphatic rings. The molecule has 1 aromatic heterocycles. The second kappa shape index (κ2) is 8.55. The second-order valence-electron chi connectivity index (χ2n) is 6.21. The summed E-state index contributed by atoms with van der Waals surface area (Å²) in [5, 5.41) is 24.6. The molecule has 1 heterocycles. The molecule has 2 N–H and O–H groups in total. The third-order valence-corrected chi connectivity index (χ3v) is 4.19. The number of aliphatic hydroxyl groups is 1. The molecule has 0 radical (unpaired) electrons. The molecule has 0 aliphatic heterocycles. The SMILES string of the molecule is Cc1ccccc1OCC(O)CNC(C)c1ccc(-n2cnnn2)cc1. The van der Waals surface area contributed by atoms with Gasteiger partial charge in [0.05, 0.1) is 5.69 Å². The number of para-hydroxylation sites is 1. The molecule has 3 aromatic rings. The van der Waals surface area contributed by atoms with Gasteiger partial charge in [0.25, 0.3) is 0 Å². The Kier molecular flexibility index (Phi) is 5.93. The van der Waals surface area contributed by atoms with E-state index in [0.29, 0.717) is 6.54 Å². The summed E-state index contributed by atoms with van der Waals surface area (Å²) in [6, 6.07) is 15.8. The Bertz CT molecular complexity index is 805. The van der Waals surface area contributed by atoms with Crippen molar-refractivity contribution in [1.29, 1.82) is 0 Å². The minimum atomic E-state index is -0.586. The molecule has 0 bridgehead atoms. The normalized spacial score (nSPS) is 13.3. The summed E-state index contributed by atoms with van der Waals surface area (Å²) in [5.74, 6) is 0.804. The van der Waals surface area contributed by atoms with E-state index in [9.17, 15) is 5.11 Å². The Morgan fingerprint density at radius 1 is 1.15 bits per heavy atom. The first kappa shape index (κ1) is 18.0. The molecular weight excluding hydrogens is 330 g/mol. The Hall–Kier alpha value is -2.77. The van der Waals surface area contributed by atoms with Gasteiger partial charge in [-0.25, -0.2) is 4.68 Å². The minimum absolute atomic E-state index is 0.103. The molecule has 2 unspecified atom stereocenters. The van der Waals surface area contributed by atoms with Gasteiger partial charge in [-0.1, -0.05) is 30.3 Å². The van der Waals surface area contributed by atoms with Crippen molar-refractivity contribution in [3.8, 4) is 11.4 Å².